The third-order valence-corrected chi connectivity index (χ3v) is 3.25. The van der Waals surface area contributed by atoms with Crippen LogP contribution in [-0.4, -0.2) is 17.3 Å². The number of anilines is 2. The number of nitrogens with two attached hydrogens (primary N) is 1. The van der Waals surface area contributed by atoms with E-state index < -0.39 is 0 Å². The zero-order valence-corrected chi connectivity index (χ0v) is 9.69. The van der Waals surface area contributed by atoms with Crippen LogP contribution >= 0.6 is 0 Å². The van der Waals surface area contributed by atoms with Gasteiger partial charge in [-0.1, -0.05) is 12.8 Å². The molecule has 0 heterocycles. The Bertz CT molecular complexity index is 439. The van der Waals surface area contributed by atoms with Gasteiger partial charge in [0.05, 0.1) is 23.4 Å². The molecule has 4 nitrogen and oxygen atoms in total. The smallest absolute Gasteiger partial charge is 0.101 e. The van der Waals surface area contributed by atoms with E-state index in [2.05, 4.69) is 5.32 Å². The summed E-state index contributed by atoms with van der Waals surface area (Å²) in [7, 11) is 0. The van der Waals surface area contributed by atoms with E-state index in [1.54, 1.807) is 12.1 Å². The molecule has 1 saturated carbocycles. The predicted molar refractivity (Wildman–Crippen MR) is 67.5 cm³/mol. The molecule has 2 atom stereocenters. The molecule has 2 unspecified atom stereocenters. The van der Waals surface area contributed by atoms with Crippen molar-refractivity contribution in [2.75, 3.05) is 11.1 Å². The van der Waals surface area contributed by atoms with E-state index in [1.165, 1.54) is 0 Å². The molecule has 17 heavy (non-hydrogen) atoms. The number of nitriles is 1. The van der Waals surface area contributed by atoms with Crippen molar-refractivity contribution in [3.05, 3.63) is 23.8 Å². The Balaban J connectivity index is 2.08. The highest BCUT2D eigenvalue weighted by Crippen LogP contribution is 2.24. The van der Waals surface area contributed by atoms with E-state index in [0.29, 0.717) is 11.3 Å². The van der Waals surface area contributed by atoms with Crippen molar-refractivity contribution in [3.63, 3.8) is 0 Å². The average molecular weight is 231 g/mol. The molecule has 0 amide bonds. The van der Waals surface area contributed by atoms with Gasteiger partial charge in [0.2, 0.25) is 0 Å². The second kappa shape index (κ2) is 5.07. The lowest BCUT2D eigenvalue weighted by molar-refractivity contribution is 0.116. The van der Waals surface area contributed by atoms with Crippen LogP contribution < -0.4 is 11.1 Å². The summed E-state index contributed by atoms with van der Waals surface area (Å²) in [6.07, 6.45) is 3.76. The minimum Gasteiger partial charge on any atom is -0.398 e. The summed E-state index contributed by atoms with van der Waals surface area (Å²) >= 11 is 0. The second-order valence-corrected chi connectivity index (χ2v) is 4.52. The van der Waals surface area contributed by atoms with Gasteiger partial charge in [-0.05, 0) is 31.0 Å². The van der Waals surface area contributed by atoms with Crippen LogP contribution in [0, 0.1) is 11.3 Å². The Hall–Kier alpha value is -1.73. The molecule has 0 radical (unpaired) electrons. The normalized spacial score (nSPS) is 24.0. The third-order valence-electron chi connectivity index (χ3n) is 3.25. The number of nitrogen functional groups attached to an aromatic ring is 1. The predicted octanol–water partition coefficient (Wildman–Crippen LogP) is 1.86. The fourth-order valence-corrected chi connectivity index (χ4v) is 2.25. The molecule has 4 heteroatoms. The van der Waals surface area contributed by atoms with Crippen molar-refractivity contribution in [1.82, 2.24) is 0 Å². The summed E-state index contributed by atoms with van der Waals surface area (Å²) in [6.45, 7) is 0. The average Bonchev–Trinajstić information content (AvgIpc) is 2.32. The van der Waals surface area contributed by atoms with Gasteiger partial charge in [0.15, 0.2) is 0 Å². The van der Waals surface area contributed by atoms with Crippen LogP contribution in [0.2, 0.25) is 0 Å². The van der Waals surface area contributed by atoms with Crippen LogP contribution in [0.4, 0.5) is 11.4 Å². The van der Waals surface area contributed by atoms with Crippen molar-refractivity contribution in [2.24, 2.45) is 0 Å². The summed E-state index contributed by atoms with van der Waals surface area (Å²) < 4.78 is 0. The molecule has 0 bridgehead atoms. The second-order valence-electron chi connectivity index (χ2n) is 4.52. The van der Waals surface area contributed by atoms with Crippen LogP contribution in [0.5, 0.6) is 0 Å². The van der Waals surface area contributed by atoms with E-state index in [4.69, 9.17) is 11.0 Å². The van der Waals surface area contributed by atoms with Gasteiger partial charge in [0, 0.05) is 5.69 Å². The lowest BCUT2D eigenvalue weighted by atomic mass is 9.92. The summed E-state index contributed by atoms with van der Waals surface area (Å²) in [6, 6.07) is 7.41. The molecule has 1 aromatic carbocycles. The summed E-state index contributed by atoms with van der Waals surface area (Å²) in [4.78, 5) is 0. The SMILES string of the molecule is N#Cc1ccc(NC2CCCCC2O)cc1N. The largest absolute Gasteiger partial charge is 0.398 e. The standard InChI is InChI=1S/C13H17N3O/c14-8-9-5-6-10(7-11(9)15)16-12-3-1-2-4-13(12)17/h5-7,12-13,16-17H,1-4,15H2. The number of aliphatic hydroxyl groups is 1. The Morgan fingerprint density at radius 3 is 2.76 bits per heavy atom. The van der Waals surface area contributed by atoms with Crippen molar-refractivity contribution in [3.8, 4) is 6.07 Å². The Kier molecular flexibility index (Phi) is 3.50. The molecule has 1 aromatic rings. The number of aliphatic hydroxyl groups excluding tert-OH is 1. The van der Waals surface area contributed by atoms with E-state index in [1.807, 2.05) is 12.1 Å². The number of benzene rings is 1. The summed E-state index contributed by atoms with van der Waals surface area (Å²) in [5.41, 5.74) is 7.58. The van der Waals surface area contributed by atoms with Crippen LogP contribution in [0.1, 0.15) is 31.2 Å². The fraction of sp³-hybridized carbons (Fsp3) is 0.462. The monoisotopic (exact) mass is 231 g/mol. The fourth-order valence-electron chi connectivity index (χ4n) is 2.25. The van der Waals surface area contributed by atoms with Crippen molar-refractivity contribution < 1.29 is 5.11 Å². The maximum absolute atomic E-state index is 9.85. The molecule has 1 aliphatic carbocycles. The van der Waals surface area contributed by atoms with Gasteiger partial charge >= 0.3 is 0 Å². The highest BCUT2D eigenvalue weighted by Gasteiger charge is 2.22. The van der Waals surface area contributed by atoms with Crippen molar-refractivity contribution in [1.29, 1.82) is 5.26 Å². The van der Waals surface area contributed by atoms with Crippen LogP contribution in [0.3, 0.4) is 0 Å². The molecule has 0 saturated heterocycles. The van der Waals surface area contributed by atoms with Gasteiger partial charge in [-0.2, -0.15) is 5.26 Å². The quantitative estimate of drug-likeness (QED) is 0.678. The first-order valence-electron chi connectivity index (χ1n) is 5.95. The number of hydrogen-bond donors (Lipinski definition) is 3. The van der Waals surface area contributed by atoms with Gasteiger partial charge in [-0.25, -0.2) is 0 Å². The molecule has 1 fully saturated rings. The first-order chi connectivity index (χ1) is 8.20. The highest BCUT2D eigenvalue weighted by molar-refractivity contribution is 5.62. The van der Waals surface area contributed by atoms with E-state index in [9.17, 15) is 5.11 Å². The molecule has 0 aliphatic heterocycles. The molecule has 0 aromatic heterocycles. The van der Waals surface area contributed by atoms with E-state index in [-0.39, 0.29) is 12.1 Å². The number of nitrogens with one attached hydrogen (secondary N) is 1. The van der Waals surface area contributed by atoms with Gasteiger partial charge < -0.3 is 16.2 Å². The summed E-state index contributed by atoms with van der Waals surface area (Å²) in [5.74, 6) is 0. The minimum atomic E-state index is -0.291. The molecule has 2 rings (SSSR count). The minimum absolute atomic E-state index is 0.0936. The Morgan fingerprint density at radius 2 is 2.12 bits per heavy atom. The van der Waals surface area contributed by atoms with Gasteiger partial charge in [0.1, 0.15) is 6.07 Å². The maximum Gasteiger partial charge on any atom is 0.101 e. The first-order valence-corrected chi connectivity index (χ1v) is 5.95. The zero-order valence-electron chi connectivity index (χ0n) is 9.69. The first kappa shape index (κ1) is 11.7. The van der Waals surface area contributed by atoms with E-state index >= 15 is 0 Å². The van der Waals surface area contributed by atoms with Crippen molar-refractivity contribution in [2.45, 2.75) is 37.8 Å². The molecule has 1 aliphatic rings. The molecule has 4 N–H and O–H groups in total. The number of hydrogen-bond acceptors (Lipinski definition) is 4. The highest BCUT2D eigenvalue weighted by atomic mass is 16.3. The lowest BCUT2D eigenvalue weighted by Crippen LogP contribution is -2.36. The number of nitrogens with zero attached hydrogens (tertiary/aromatic N) is 1. The molecule has 90 valence electrons. The lowest BCUT2D eigenvalue weighted by Gasteiger charge is -2.29. The Labute approximate surface area is 101 Å². The van der Waals surface area contributed by atoms with E-state index in [0.717, 1.165) is 31.4 Å². The van der Waals surface area contributed by atoms with Crippen LogP contribution in [-0.2, 0) is 0 Å². The van der Waals surface area contributed by atoms with Crippen LogP contribution in [0.15, 0.2) is 18.2 Å². The zero-order chi connectivity index (χ0) is 12.3. The Morgan fingerprint density at radius 1 is 1.35 bits per heavy atom. The van der Waals surface area contributed by atoms with Gasteiger partial charge in [-0.3, -0.25) is 0 Å². The van der Waals surface area contributed by atoms with Gasteiger partial charge in [0.25, 0.3) is 0 Å². The van der Waals surface area contributed by atoms with Crippen molar-refractivity contribution >= 4 is 11.4 Å². The number of rotatable bonds is 2. The van der Waals surface area contributed by atoms with Gasteiger partial charge in [-0.15, -0.1) is 0 Å². The molecular formula is C13H17N3O. The summed E-state index contributed by atoms with van der Waals surface area (Å²) in [5, 5.41) is 21.9. The van der Waals surface area contributed by atoms with Crippen LogP contribution in [0.25, 0.3) is 0 Å². The molecule has 0 spiro atoms. The maximum atomic E-state index is 9.85. The third kappa shape index (κ3) is 2.69. The molecular weight excluding hydrogens is 214 g/mol. The topological polar surface area (TPSA) is 82.1 Å².